The Morgan fingerprint density at radius 3 is 2.89 bits per heavy atom. The highest BCUT2D eigenvalue weighted by molar-refractivity contribution is 5.80. The molecule has 6 nitrogen and oxygen atoms in total. The van der Waals surface area contributed by atoms with Gasteiger partial charge >= 0.3 is 5.76 Å². The number of nitrogens with zero attached hydrogens (tertiary/aromatic N) is 4. The van der Waals surface area contributed by atoms with E-state index in [2.05, 4.69) is 11.1 Å². The predicted octanol–water partition coefficient (Wildman–Crippen LogP) is 1.40. The first-order chi connectivity index (χ1) is 9.11. The average molecular weight is 254 g/mol. The molecule has 6 heteroatoms. The van der Waals surface area contributed by atoms with E-state index >= 15 is 0 Å². The highest BCUT2D eigenvalue weighted by Gasteiger charge is 2.13. The van der Waals surface area contributed by atoms with Gasteiger partial charge < -0.3 is 8.98 Å². The Kier molecular flexibility index (Phi) is 2.29. The van der Waals surface area contributed by atoms with Crippen LogP contribution in [0, 0.1) is 11.3 Å². The van der Waals surface area contributed by atoms with Crippen molar-refractivity contribution in [1.29, 1.82) is 5.26 Å². The van der Waals surface area contributed by atoms with E-state index in [0.717, 1.165) is 11.1 Å². The summed E-state index contributed by atoms with van der Waals surface area (Å²) in [6.45, 7) is 0. The zero-order valence-electron chi connectivity index (χ0n) is 10.4. The van der Waals surface area contributed by atoms with Crippen molar-refractivity contribution < 1.29 is 4.42 Å². The van der Waals surface area contributed by atoms with Crippen molar-refractivity contribution in [2.75, 3.05) is 0 Å². The Morgan fingerprint density at radius 2 is 2.16 bits per heavy atom. The number of imidazole rings is 1. The molecule has 0 radical (unpaired) electrons. The van der Waals surface area contributed by atoms with Crippen LogP contribution in [0.3, 0.4) is 0 Å². The SMILES string of the molecule is Cn1cnc(C#N)c1-c1ccc2c(c1)oc(=O)n2C. The fraction of sp³-hybridized carbons (Fsp3) is 0.154. The van der Waals surface area contributed by atoms with Gasteiger partial charge in [0, 0.05) is 19.7 Å². The lowest BCUT2D eigenvalue weighted by Gasteiger charge is -2.03. The van der Waals surface area contributed by atoms with Crippen LogP contribution in [0.15, 0.2) is 33.7 Å². The molecule has 19 heavy (non-hydrogen) atoms. The van der Waals surface area contributed by atoms with E-state index in [-0.39, 0.29) is 0 Å². The molecule has 0 spiro atoms. The van der Waals surface area contributed by atoms with Gasteiger partial charge in [-0.25, -0.2) is 9.78 Å². The first-order valence-corrected chi connectivity index (χ1v) is 5.63. The topological polar surface area (TPSA) is 76.8 Å². The lowest BCUT2D eigenvalue weighted by atomic mass is 10.1. The third-order valence-corrected chi connectivity index (χ3v) is 3.11. The molecule has 0 atom stereocenters. The van der Waals surface area contributed by atoms with Crippen molar-refractivity contribution in [3.63, 3.8) is 0 Å². The predicted molar refractivity (Wildman–Crippen MR) is 68.4 cm³/mol. The molecule has 2 heterocycles. The van der Waals surface area contributed by atoms with Gasteiger partial charge in [-0.3, -0.25) is 4.57 Å². The summed E-state index contributed by atoms with van der Waals surface area (Å²) in [4.78, 5) is 15.5. The van der Waals surface area contributed by atoms with Crippen LogP contribution in [0.4, 0.5) is 0 Å². The van der Waals surface area contributed by atoms with E-state index < -0.39 is 5.76 Å². The van der Waals surface area contributed by atoms with Crippen molar-refractivity contribution in [1.82, 2.24) is 14.1 Å². The lowest BCUT2D eigenvalue weighted by Crippen LogP contribution is -2.08. The standard InChI is InChI=1S/C13H10N4O2/c1-16-7-15-9(6-14)12(16)8-3-4-10-11(5-8)19-13(18)17(10)2/h3-5,7H,1-2H3. The minimum Gasteiger partial charge on any atom is -0.408 e. The van der Waals surface area contributed by atoms with Crippen molar-refractivity contribution in [2.45, 2.75) is 0 Å². The monoisotopic (exact) mass is 254 g/mol. The molecular weight excluding hydrogens is 244 g/mol. The van der Waals surface area contributed by atoms with Crippen LogP contribution in [0.1, 0.15) is 5.69 Å². The molecule has 0 N–H and O–H groups in total. The van der Waals surface area contributed by atoms with Crippen LogP contribution in [-0.4, -0.2) is 14.1 Å². The Morgan fingerprint density at radius 1 is 1.37 bits per heavy atom. The summed E-state index contributed by atoms with van der Waals surface area (Å²) in [5.41, 5.74) is 3.05. The normalized spacial score (nSPS) is 10.8. The molecule has 0 aliphatic carbocycles. The molecule has 2 aromatic heterocycles. The summed E-state index contributed by atoms with van der Waals surface area (Å²) >= 11 is 0. The molecule has 3 aromatic rings. The molecule has 0 saturated heterocycles. The molecule has 0 aliphatic heterocycles. The summed E-state index contributed by atoms with van der Waals surface area (Å²) in [7, 11) is 3.47. The van der Waals surface area contributed by atoms with E-state index in [1.54, 1.807) is 30.1 Å². The van der Waals surface area contributed by atoms with Crippen molar-refractivity contribution >= 4 is 11.1 Å². The van der Waals surface area contributed by atoms with Gasteiger partial charge in [-0.2, -0.15) is 5.26 Å². The third kappa shape index (κ3) is 1.56. The van der Waals surface area contributed by atoms with E-state index in [1.807, 2.05) is 13.1 Å². The first-order valence-electron chi connectivity index (χ1n) is 5.63. The van der Waals surface area contributed by atoms with Crippen LogP contribution in [-0.2, 0) is 14.1 Å². The van der Waals surface area contributed by atoms with Crippen molar-refractivity contribution in [3.05, 3.63) is 40.8 Å². The third-order valence-electron chi connectivity index (χ3n) is 3.11. The highest BCUT2D eigenvalue weighted by atomic mass is 16.4. The van der Waals surface area contributed by atoms with Crippen molar-refractivity contribution in [2.24, 2.45) is 14.1 Å². The molecule has 1 aromatic carbocycles. The molecule has 0 aliphatic rings. The maximum Gasteiger partial charge on any atom is 0.419 e. The smallest absolute Gasteiger partial charge is 0.408 e. The Labute approximate surface area is 108 Å². The number of aromatic nitrogens is 3. The van der Waals surface area contributed by atoms with Gasteiger partial charge in [-0.1, -0.05) is 6.07 Å². The summed E-state index contributed by atoms with van der Waals surface area (Å²) in [5, 5.41) is 9.05. The number of rotatable bonds is 1. The molecular formula is C13H10N4O2. The maximum absolute atomic E-state index is 11.5. The first kappa shape index (κ1) is 11.3. The van der Waals surface area contributed by atoms with Crippen LogP contribution in [0.2, 0.25) is 0 Å². The fourth-order valence-corrected chi connectivity index (χ4v) is 2.13. The number of oxazole rings is 1. The Balaban J connectivity index is 2.30. The lowest BCUT2D eigenvalue weighted by molar-refractivity contribution is 0.528. The Hall–Kier alpha value is -2.81. The van der Waals surface area contributed by atoms with Crippen LogP contribution < -0.4 is 5.76 Å². The van der Waals surface area contributed by atoms with Crippen molar-refractivity contribution in [3.8, 4) is 17.3 Å². The van der Waals surface area contributed by atoms with Gasteiger partial charge in [-0.15, -0.1) is 0 Å². The Bertz CT molecular complexity index is 876. The second-order valence-electron chi connectivity index (χ2n) is 4.27. The molecule has 0 amide bonds. The number of hydrogen-bond acceptors (Lipinski definition) is 4. The summed E-state index contributed by atoms with van der Waals surface area (Å²) < 4.78 is 8.35. The van der Waals surface area contributed by atoms with Gasteiger partial charge in [0.15, 0.2) is 11.3 Å². The molecule has 94 valence electrons. The highest BCUT2D eigenvalue weighted by Crippen LogP contribution is 2.25. The van der Waals surface area contributed by atoms with E-state index in [1.165, 1.54) is 4.57 Å². The molecule has 0 bridgehead atoms. The number of nitriles is 1. The van der Waals surface area contributed by atoms with Crippen LogP contribution >= 0.6 is 0 Å². The van der Waals surface area contributed by atoms with Gasteiger partial charge in [-0.05, 0) is 12.1 Å². The molecule has 0 saturated carbocycles. The number of hydrogen-bond donors (Lipinski definition) is 0. The van der Waals surface area contributed by atoms with Gasteiger partial charge in [0.25, 0.3) is 0 Å². The summed E-state index contributed by atoms with van der Waals surface area (Å²) in [6.07, 6.45) is 1.58. The second-order valence-corrected chi connectivity index (χ2v) is 4.27. The zero-order chi connectivity index (χ0) is 13.6. The van der Waals surface area contributed by atoms with Crippen LogP contribution in [0.5, 0.6) is 0 Å². The zero-order valence-corrected chi connectivity index (χ0v) is 10.4. The molecule has 0 unspecified atom stereocenters. The summed E-state index contributed by atoms with van der Waals surface area (Å²) in [5.74, 6) is -0.405. The van der Waals surface area contributed by atoms with Gasteiger partial charge in [0.2, 0.25) is 0 Å². The van der Waals surface area contributed by atoms with Gasteiger partial charge in [0.1, 0.15) is 6.07 Å². The minimum atomic E-state index is -0.405. The molecule has 3 rings (SSSR count). The summed E-state index contributed by atoms with van der Waals surface area (Å²) in [6, 6.07) is 7.43. The largest absolute Gasteiger partial charge is 0.419 e. The second kappa shape index (κ2) is 3.85. The fourth-order valence-electron chi connectivity index (χ4n) is 2.13. The maximum atomic E-state index is 11.5. The molecule has 0 fully saturated rings. The van der Waals surface area contributed by atoms with E-state index in [0.29, 0.717) is 17.0 Å². The minimum absolute atomic E-state index is 0.347. The number of aryl methyl sites for hydroxylation is 2. The number of benzene rings is 1. The number of fused-ring (bicyclic) bond motifs is 1. The van der Waals surface area contributed by atoms with E-state index in [9.17, 15) is 4.79 Å². The van der Waals surface area contributed by atoms with Gasteiger partial charge in [0.05, 0.1) is 17.5 Å². The quantitative estimate of drug-likeness (QED) is 0.657. The average Bonchev–Trinajstić information content (AvgIpc) is 2.90. The van der Waals surface area contributed by atoms with Crippen LogP contribution in [0.25, 0.3) is 22.4 Å². The van der Waals surface area contributed by atoms with E-state index in [4.69, 9.17) is 9.68 Å².